The molecular formula is C10H9F3OS. The van der Waals surface area contributed by atoms with Crippen molar-refractivity contribution in [2.24, 2.45) is 5.41 Å². The lowest BCUT2D eigenvalue weighted by Gasteiger charge is -2.04. The van der Waals surface area contributed by atoms with Crippen LogP contribution in [0.15, 0.2) is 12.1 Å². The summed E-state index contributed by atoms with van der Waals surface area (Å²) in [6.45, 7) is 1.79. The van der Waals surface area contributed by atoms with Crippen LogP contribution in [-0.4, -0.2) is 5.78 Å². The molecule has 82 valence electrons. The van der Waals surface area contributed by atoms with Gasteiger partial charge in [0.05, 0.1) is 4.88 Å². The van der Waals surface area contributed by atoms with Gasteiger partial charge in [-0.15, -0.1) is 11.3 Å². The minimum absolute atomic E-state index is 0.150. The van der Waals surface area contributed by atoms with Gasteiger partial charge in [-0.05, 0) is 25.0 Å². The van der Waals surface area contributed by atoms with E-state index in [1.807, 2.05) is 0 Å². The molecule has 1 aliphatic carbocycles. The van der Waals surface area contributed by atoms with E-state index < -0.39 is 16.5 Å². The SMILES string of the molecule is CC1(C(=O)c2ccc(C(F)(F)F)s2)CC1. The summed E-state index contributed by atoms with van der Waals surface area (Å²) < 4.78 is 36.8. The molecule has 0 unspecified atom stereocenters. The topological polar surface area (TPSA) is 17.1 Å². The summed E-state index contributed by atoms with van der Waals surface area (Å²) in [5.41, 5.74) is -0.395. The predicted octanol–water partition coefficient (Wildman–Crippen LogP) is 3.75. The fraction of sp³-hybridized carbons (Fsp3) is 0.500. The minimum atomic E-state index is -4.34. The maximum atomic E-state index is 12.3. The summed E-state index contributed by atoms with van der Waals surface area (Å²) >= 11 is 0.540. The summed E-state index contributed by atoms with van der Waals surface area (Å²) in [5.74, 6) is -0.150. The molecule has 0 atom stereocenters. The number of halogens is 3. The van der Waals surface area contributed by atoms with Crippen molar-refractivity contribution >= 4 is 17.1 Å². The van der Waals surface area contributed by atoms with Crippen LogP contribution in [0.25, 0.3) is 0 Å². The highest BCUT2D eigenvalue weighted by molar-refractivity contribution is 7.14. The maximum Gasteiger partial charge on any atom is 0.425 e. The summed E-state index contributed by atoms with van der Waals surface area (Å²) in [7, 11) is 0. The highest BCUT2D eigenvalue weighted by Crippen LogP contribution is 2.49. The van der Waals surface area contributed by atoms with E-state index in [0.29, 0.717) is 11.3 Å². The average molecular weight is 234 g/mol. The molecule has 1 saturated carbocycles. The van der Waals surface area contributed by atoms with Gasteiger partial charge in [-0.3, -0.25) is 4.79 Å². The molecule has 1 aromatic rings. The van der Waals surface area contributed by atoms with Gasteiger partial charge in [-0.2, -0.15) is 13.2 Å². The van der Waals surface area contributed by atoms with Gasteiger partial charge in [-0.1, -0.05) is 6.92 Å². The number of hydrogen-bond acceptors (Lipinski definition) is 2. The third kappa shape index (κ3) is 1.93. The van der Waals surface area contributed by atoms with Crippen LogP contribution in [0, 0.1) is 5.41 Å². The standard InChI is InChI=1S/C10H9F3OS/c1-9(4-5-9)8(14)6-2-3-7(15-6)10(11,12)13/h2-3H,4-5H2,1H3. The zero-order valence-electron chi connectivity index (χ0n) is 8.02. The highest BCUT2D eigenvalue weighted by Gasteiger charge is 2.46. The Labute approximate surface area is 88.9 Å². The molecule has 1 nitrogen and oxygen atoms in total. The van der Waals surface area contributed by atoms with Gasteiger partial charge >= 0.3 is 6.18 Å². The van der Waals surface area contributed by atoms with E-state index in [-0.39, 0.29) is 10.7 Å². The monoisotopic (exact) mass is 234 g/mol. The van der Waals surface area contributed by atoms with Crippen molar-refractivity contribution in [2.45, 2.75) is 25.9 Å². The molecule has 0 radical (unpaired) electrons. The Hall–Kier alpha value is -0.840. The van der Waals surface area contributed by atoms with Crippen LogP contribution in [0.3, 0.4) is 0 Å². The van der Waals surface area contributed by atoms with Crippen LogP contribution in [0.2, 0.25) is 0 Å². The van der Waals surface area contributed by atoms with E-state index in [9.17, 15) is 18.0 Å². The van der Waals surface area contributed by atoms with Gasteiger partial charge in [0.15, 0.2) is 5.78 Å². The van der Waals surface area contributed by atoms with Gasteiger partial charge in [0, 0.05) is 5.41 Å². The largest absolute Gasteiger partial charge is 0.425 e. The Kier molecular flexibility index (Phi) is 2.19. The Morgan fingerprint density at radius 2 is 2.00 bits per heavy atom. The van der Waals surface area contributed by atoms with Crippen molar-refractivity contribution in [1.29, 1.82) is 0 Å². The van der Waals surface area contributed by atoms with Crippen molar-refractivity contribution < 1.29 is 18.0 Å². The molecule has 0 saturated heterocycles. The quantitative estimate of drug-likeness (QED) is 0.712. The van der Waals surface area contributed by atoms with E-state index in [4.69, 9.17) is 0 Å². The van der Waals surface area contributed by atoms with Crippen LogP contribution in [0.4, 0.5) is 13.2 Å². The van der Waals surface area contributed by atoms with Crippen molar-refractivity contribution in [3.05, 3.63) is 21.9 Å². The van der Waals surface area contributed by atoms with Gasteiger partial charge in [-0.25, -0.2) is 0 Å². The van der Waals surface area contributed by atoms with Gasteiger partial charge < -0.3 is 0 Å². The molecule has 0 N–H and O–H groups in total. The molecule has 1 fully saturated rings. The number of carbonyl (C=O) groups is 1. The first-order valence-electron chi connectivity index (χ1n) is 4.55. The van der Waals surface area contributed by atoms with E-state index in [2.05, 4.69) is 0 Å². The van der Waals surface area contributed by atoms with E-state index in [1.165, 1.54) is 6.07 Å². The third-order valence-corrected chi connectivity index (χ3v) is 3.79. The summed E-state index contributed by atoms with van der Waals surface area (Å²) in [4.78, 5) is 11.2. The lowest BCUT2D eigenvalue weighted by atomic mass is 10.0. The third-order valence-electron chi connectivity index (χ3n) is 2.66. The van der Waals surface area contributed by atoms with Crippen LogP contribution < -0.4 is 0 Å². The van der Waals surface area contributed by atoms with Crippen molar-refractivity contribution in [1.82, 2.24) is 0 Å². The molecule has 1 heterocycles. The first-order valence-corrected chi connectivity index (χ1v) is 5.36. The number of carbonyl (C=O) groups excluding carboxylic acids is 1. The lowest BCUT2D eigenvalue weighted by Crippen LogP contribution is -2.09. The number of thiophene rings is 1. The Bertz CT molecular complexity index is 401. The van der Waals surface area contributed by atoms with E-state index >= 15 is 0 Å². The maximum absolute atomic E-state index is 12.3. The zero-order valence-corrected chi connectivity index (χ0v) is 8.84. The number of alkyl halides is 3. The van der Waals surface area contributed by atoms with Gasteiger partial charge in [0.25, 0.3) is 0 Å². The number of hydrogen-bond donors (Lipinski definition) is 0. The molecule has 2 rings (SSSR count). The molecule has 1 aromatic heterocycles. The summed E-state index contributed by atoms with van der Waals surface area (Å²) in [6, 6.07) is 2.25. The normalized spacial score (nSPS) is 18.9. The van der Waals surface area contributed by atoms with Crippen LogP contribution in [0.5, 0.6) is 0 Å². The highest BCUT2D eigenvalue weighted by atomic mass is 32.1. The molecule has 0 bridgehead atoms. The minimum Gasteiger partial charge on any atom is -0.293 e. The van der Waals surface area contributed by atoms with Crippen molar-refractivity contribution in [3.63, 3.8) is 0 Å². The second kappa shape index (κ2) is 3.07. The Morgan fingerprint density at radius 3 is 2.40 bits per heavy atom. The van der Waals surface area contributed by atoms with E-state index in [0.717, 1.165) is 18.9 Å². The Balaban J connectivity index is 2.24. The predicted molar refractivity (Wildman–Crippen MR) is 51.0 cm³/mol. The molecule has 0 spiro atoms. The molecule has 15 heavy (non-hydrogen) atoms. The molecule has 0 aromatic carbocycles. The van der Waals surface area contributed by atoms with Crippen LogP contribution in [-0.2, 0) is 6.18 Å². The molecule has 5 heteroatoms. The van der Waals surface area contributed by atoms with Crippen LogP contribution >= 0.6 is 11.3 Å². The second-order valence-corrected chi connectivity index (χ2v) is 5.14. The number of Topliss-reactive ketones (excluding diaryl/α,β-unsaturated/α-hetero) is 1. The molecule has 0 amide bonds. The van der Waals surface area contributed by atoms with Gasteiger partial charge in [0.1, 0.15) is 4.88 Å². The summed E-state index contributed by atoms with van der Waals surface area (Å²) in [6.07, 6.45) is -2.77. The van der Waals surface area contributed by atoms with Crippen molar-refractivity contribution in [2.75, 3.05) is 0 Å². The first kappa shape index (κ1) is 10.7. The first-order chi connectivity index (χ1) is 6.83. The molecule has 1 aliphatic rings. The number of ketones is 1. The van der Waals surface area contributed by atoms with Crippen molar-refractivity contribution in [3.8, 4) is 0 Å². The van der Waals surface area contributed by atoms with Gasteiger partial charge in [0.2, 0.25) is 0 Å². The molecular weight excluding hydrogens is 225 g/mol. The lowest BCUT2D eigenvalue weighted by molar-refractivity contribution is -0.134. The smallest absolute Gasteiger partial charge is 0.293 e. The average Bonchev–Trinajstić information content (AvgIpc) is 2.68. The Morgan fingerprint density at radius 1 is 1.40 bits per heavy atom. The fourth-order valence-corrected chi connectivity index (χ4v) is 2.29. The summed E-state index contributed by atoms with van der Waals surface area (Å²) in [5, 5.41) is 0. The second-order valence-electron chi connectivity index (χ2n) is 4.05. The zero-order chi connectivity index (χ0) is 11.3. The molecule has 0 aliphatic heterocycles. The van der Waals surface area contributed by atoms with Crippen LogP contribution in [0.1, 0.15) is 34.3 Å². The van der Waals surface area contributed by atoms with E-state index in [1.54, 1.807) is 6.92 Å². The number of rotatable bonds is 2. The fourth-order valence-electron chi connectivity index (χ4n) is 1.32.